The molecule has 25 heavy (non-hydrogen) atoms. The Balaban J connectivity index is 1.92. The van der Waals surface area contributed by atoms with Crippen molar-refractivity contribution < 1.29 is 19.4 Å². The summed E-state index contributed by atoms with van der Waals surface area (Å²) < 4.78 is 5.72. The molecule has 3 aromatic rings. The van der Waals surface area contributed by atoms with Gasteiger partial charge in [0.1, 0.15) is 5.75 Å². The third-order valence-corrected chi connectivity index (χ3v) is 4.29. The lowest BCUT2D eigenvalue weighted by atomic mass is 10.1. The zero-order valence-corrected chi connectivity index (χ0v) is 14.3. The third kappa shape index (κ3) is 3.51. The molecule has 0 aliphatic rings. The Morgan fingerprint density at radius 1 is 1.16 bits per heavy atom. The van der Waals surface area contributed by atoms with E-state index >= 15 is 0 Å². The second kappa shape index (κ2) is 6.99. The first kappa shape index (κ1) is 17.0. The normalized spacial score (nSPS) is 10.8. The summed E-state index contributed by atoms with van der Waals surface area (Å²) in [5.41, 5.74) is 2.62. The molecule has 1 aromatic heterocycles. The highest BCUT2D eigenvalue weighted by molar-refractivity contribution is 6.33. The minimum atomic E-state index is -0.928. The maximum atomic E-state index is 12.2. The van der Waals surface area contributed by atoms with Gasteiger partial charge in [-0.15, -0.1) is 0 Å². The van der Waals surface area contributed by atoms with Crippen molar-refractivity contribution in [3.63, 3.8) is 0 Å². The molecule has 0 amide bonds. The maximum absolute atomic E-state index is 12.2. The average Bonchev–Trinajstić information content (AvgIpc) is 2.90. The highest BCUT2D eigenvalue weighted by Crippen LogP contribution is 2.37. The summed E-state index contributed by atoms with van der Waals surface area (Å²) in [6, 6.07) is 12.3. The van der Waals surface area contributed by atoms with E-state index in [1.165, 1.54) is 0 Å². The Bertz CT molecular complexity index is 947. The quantitative estimate of drug-likeness (QED) is 0.653. The first-order valence-electron chi connectivity index (χ1n) is 7.70. The molecule has 0 aliphatic carbocycles. The number of Topliss-reactive ketones (excluding diaryl/α,β-unsaturated/α-hetero) is 1. The number of fused-ring (bicyclic) bond motifs is 1. The number of ether oxygens (including phenoxy) is 1. The molecule has 0 radical (unpaired) electrons. The second-order valence-corrected chi connectivity index (χ2v) is 6.08. The van der Waals surface area contributed by atoms with Gasteiger partial charge in [-0.25, -0.2) is 0 Å². The lowest BCUT2D eigenvalue weighted by Crippen LogP contribution is -2.11. The minimum absolute atomic E-state index is 0.124. The number of hydrogen-bond donors (Lipinski definition) is 2. The Kier molecular flexibility index (Phi) is 4.76. The van der Waals surface area contributed by atoms with E-state index in [0.29, 0.717) is 27.4 Å². The summed E-state index contributed by atoms with van der Waals surface area (Å²) in [5, 5.41) is 10.1. The number of aliphatic carboxylic acids is 1. The number of carbonyl (C=O) groups is 2. The SMILES string of the molecule is Cc1c(CC(=O)O)[nH]c2ccc(Cl)c(OCC(=O)c3ccccc3)c12. The van der Waals surface area contributed by atoms with Crippen LogP contribution in [0.3, 0.4) is 0 Å². The van der Waals surface area contributed by atoms with Crippen LogP contribution in [0, 0.1) is 6.92 Å². The third-order valence-electron chi connectivity index (χ3n) is 3.99. The van der Waals surface area contributed by atoms with Gasteiger partial charge in [0.2, 0.25) is 0 Å². The predicted molar refractivity (Wildman–Crippen MR) is 95.7 cm³/mol. The summed E-state index contributed by atoms with van der Waals surface area (Å²) in [7, 11) is 0. The van der Waals surface area contributed by atoms with E-state index in [9.17, 15) is 9.59 Å². The summed E-state index contributed by atoms with van der Waals surface area (Å²) in [6.07, 6.45) is -0.124. The minimum Gasteiger partial charge on any atom is -0.483 e. The lowest BCUT2D eigenvalue weighted by molar-refractivity contribution is -0.136. The molecule has 0 bridgehead atoms. The Hall–Kier alpha value is -2.79. The molecule has 0 unspecified atom stereocenters. The number of halogens is 1. The van der Waals surface area contributed by atoms with Crippen LogP contribution in [-0.2, 0) is 11.2 Å². The number of carbonyl (C=O) groups excluding carboxylic acids is 1. The number of benzene rings is 2. The van der Waals surface area contributed by atoms with Crippen molar-refractivity contribution in [3.8, 4) is 5.75 Å². The fourth-order valence-electron chi connectivity index (χ4n) is 2.76. The predicted octanol–water partition coefficient (Wildman–Crippen LogP) is 4.02. The number of carboxylic acid groups (broad SMARTS) is 1. The molecule has 6 heteroatoms. The average molecular weight is 358 g/mol. The van der Waals surface area contributed by atoms with Crippen molar-refractivity contribution in [1.82, 2.24) is 4.98 Å². The van der Waals surface area contributed by atoms with Crippen molar-refractivity contribution in [3.05, 3.63) is 64.3 Å². The zero-order valence-electron chi connectivity index (χ0n) is 13.5. The van der Waals surface area contributed by atoms with Crippen molar-refractivity contribution >= 4 is 34.3 Å². The zero-order chi connectivity index (χ0) is 18.0. The van der Waals surface area contributed by atoms with Crippen LogP contribution in [0.25, 0.3) is 10.9 Å². The number of rotatable bonds is 6. The number of carboxylic acids is 1. The van der Waals surface area contributed by atoms with Gasteiger partial charge in [0.25, 0.3) is 0 Å². The van der Waals surface area contributed by atoms with Crippen LogP contribution in [0.5, 0.6) is 5.75 Å². The summed E-state index contributed by atoms with van der Waals surface area (Å²) >= 11 is 6.25. The number of H-pyrrole nitrogens is 1. The number of hydrogen-bond acceptors (Lipinski definition) is 3. The van der Waals surface area contributed by atoms with Crippen LogP contribution in [-0.4, -0.2) is 28.4 Å². The van der Waals surface area contributed by atoms with E-state index in [2.05, 4.69) is 4.98 Å². The highest BCUT2D eigenvalue weighted by Gasteiger charge is 2.18. The number of ketones is 1. The van der Waals surface area contributed by atoms with Crippen LogP contribution >= 0.6 is 11.6 Å². The number of aromatic amines is 1. The molecule has 0 spiro atoms. The Morgan fingerprint density at radius 2 is 1.88 bits per heavy atom. The maximum Gasteiger partial charge on any atom is 0.309 e. The molecule has 1 heterocycles. The second-order valence-electron chi connectivity index (χ2n) is 5.68. The molecule has 0 atom stereocenters. The molecule has 0 aliphatic heterocycles. The van der Waals surface area contributed by atoms with Gasteiger partial charge in [-0.3, -0.25) is 9.59 Å². The molecule has 3 rings (SSSR count). The van der Waals surface area contributed by atoms with Crippen molar-refractivity contribution in [2.45, 2.75) is 13.3 Å². The Morgan fingerprint density at radius 3 is 2.56 bits per heavy atom. The van der Waals surface area contributed by atoms with Gasteiger partial charge in [-0.2, -0.15) is 0 Å². The van der Waals surface area contributed by atoms with E-state index in [1.807, 2.05) is 6.07 Å². The first-order chi connectivity index (χ1) is 12.0. The van der Waals surface area contributed by atoms with E-state index in [0.717, 1.165) is 11.1 Å². The summed E-state index contributed by atoms with van der Waals surface area (Å²) in [6.45, 7) is 1.65. The van der Waals surface area contributed by atoms with Crippen LogP contribution in [0.1, 0.15) is 21.6 Å². The van der Waals surface area contributed by atoms with Crippen molar-refractivity contribution in [1.29, 1.82) is 0 Å². The van der Waals surface area contributed by atoms with Crippen LogP contribution in [0.2, 0.25) is 5.02 Å². The van der Waals surface area contributed by atoms with Crippen LogP contribution in [0.15, 0.2) is 42.5 Å². The largest absolute Gasteiger partial charge is 0.483 e. The molecule has 128 valence electrons. The monoisotopic (exact) mass is 357 g/mol. The lowest BCUT2D eigenvalue weighted by Gasteiger charge is -2.10. The fourth-order valence-corrected chi connectivity index (χ4v) is 2.97. The molecule has 2 N–H and O–H groups in total. The molecule has 0 saturated heterocycles. The van der Waals surface area contributed by atoms with Gasteiger partial charge >= 0.3 is 5.97 Å². The Labute approximate surface area is 149 Å². The molecule has 0 saturated carbocycles. The van der Waals surface area contributed by atoms with Gasteiger partial charge in [0.05, 0.1) is 11.4 Å². The smallest absolute Gasteiger partial charge is 0.309 e. The van der Waals surface area contributed by atoms with Gasteiger partial charge in [-0.05, 0) is 24.6 Å². The van der Waals surface area contributed by atoms with E-state index < -0.39 is 5.97 Å². The van der Waals surface area contributed by atoms with Crippen molar-refractivity contribution in [2.75, 3.05) is 6.61 Å². The van der Waals surface area contributed by atoms with Crippen molar-refractivity contribution in [2.24, 2.45) is 0 Å². The van der Waals surface area contributed by atoms with E-state index in [-0.39, 0.29) is 18.8 Å². The topological polar surface area (TPSA) is 79.4 Å². The molecule has 2 aromatic carbocycles. The molecule has 0 fully saturated rings. The van der Waals surface area contributed by atoms with Crippen LogP contribution < -0.4 is 4.74 Å². The molecular formula is C19H16ClNO4. The summed E-state index contributed by atoms with van der Waals surface area (Å²) in [4.78, 5) is 26.3. The fraction of sp³-hybridized carbons (Fsp3) is 0.158. The number of aromatic nitrogens is 1. The van der Waals surface area contributed by atoms with Crippen LogP contribution in [0.4, 0.5) is 0 Å². The number of aryl methyl sites for hydroxylation is 1. The first-order valence-corrected chi connectivity index (χ1v) is 8.07. The number of nitrogens with one attached hydrogen (secondary N) is 1. The van der Waals surface area contributed by atoms with E-state index in [4.69, 9.17) is 21.4 Å². The van der Waals surface area contributed by atoms with Gasteiger partial charge in [0.15, 0.2) is 12.4 Å². The van der Waals surface area contributed by atoms with Gasteiger partial charge in [0, 0.05) is 22.2 Å². The van der Waals surface area contributed by atoms with E-state index in [1.54, 1.807) is 43.3 Å². The van der Waals surface area contributed by atoms with Gasteiger partial charge < -0.3 is 14.8 Å². The summed E-state index contributed by atoms with van der Waals surface area (Å²) in [5.74, 6) is -0.705. The van der Waals surface area contributed by atoms with Gasteiger partial charge in [-0.1, -0.05) is 41.9 Å². The highest BCUT2D eigenvalue weighted by atomic mass is 35.5. The molecular weight excluding hydrogens is 342 g/mol. The molecule has 5 nitrogen and oxygen atoms in total. The standard InChI is InChI=1S/C19H16ClNO4/c1-11-15(9-17(23)24)21-14-8-7-13(20)19(18(11)14)25-10-16(22)12-5-3-2-4-6-12/h2-8,21H,9-10H2,1H3,(H,23,24).